The number of hydrogen-bond donors (Lipinski definition) is 1. The lowest BCUT2D eigenvalue weighted by Gasteiger charge is -2.06. The van der Waals surface area contributed by atoms with E-state index in [9.17, 15) is 14.9 Å². The molecule has 24 heavy (non-hydrogen) atoms. The van der Waals surface area contributed by atoms with Crippen LogP contribution < -0.4 is 5.43 Å². The molecule has 1 N–H and O–H groups in total. The highest BCUT2D eigenvalue weighted by molar-refractivity contribution is 6.02. The van der Waals surface area contributed by atoms with Crippen LogP contribution in [0.15, 0.2) is 47.6 Å². The Balaban J connectivity index is 2.20. The normalized spacial score (nSPS) is 11.2. The van der Waals surface area contributed by atoms with E-state index in [1.54, 1.807) is 19.1 Å². The topological polar surface area (TPSA) is 84.6 Å². The predicted molar refractivity (Wildman–Crippen MR) is 93.3 cm³/mol. The smallest absolute Gasteiger partial charge is 0.267 e. The maximum absolute atomic E-state index is 12.2. The molecule has 0 heterocycles. The fourth-order valence-electron chi connectivity index (χ4n) is 2.22. The van der Waals surface area contributed by atoms with Crippen LogP contribution in [0.25, 0.3) is 0 Å². The highest BCUT2D eigenvalue weighted by atomic mass is 16.6. The summed E-state index contributed by atoms with van der Waals surface area (Å²) in [5.74, 6) is -0.476. The molecule has 6 nitrogen and oxygen atoms in total. The van der Waals surface area contributed by atoms with Gasteiger partial charge in [-0.25, -0.2) is 5.43 Å². The molecule has 0 spiro atoms. The van der Waals surface area contributed by atoms with Crippen molar-refractivity contribution in [2.45, 2.75) is 27.2 Å². The van der Waals surface area contributed by atoms with Gasteiger partial charge < -0.3 is 0 Å². The van der Waals surface area contributed by atoms with Crippen molar-refractivity contribution in [3.05, 3.63) is 74.8 Å². The summed E-state index contributed by atoms with van der Waals surface area (Å²) in [7, 11) is 0. The van der Waals surface area contributed by atoms with E-state index in [1.165, 1.54) is 6.07 Å². The first-order valence-electron chi connectivity index (χ1n) is 7.61. The first-order valence-corrected chi connectivity index (χ1v) is 7.61. The summed E-state index contributed by atoms with van der Waals surface area (Å²) in [4.78, 5) is 22.7. The van der Waals surface area contributed by atoms with Gasteiger partial charge in [-0.15, -0.1) is 0 Å². The summed E-state index contributed by atoms with van der Waals surface area (Å²) in [6.45, 7) is 5.57. The first-order chi connectivity index (χ1) is 11.4. The van der Waals surface area contributed by atoms with Gasteiger partial charge in [0.15, 0.2) is 0 Å². The Hall–Kier alpha value is -3.02. The van der Waals surface area contributed by atoms with Gasteiger partial charge in [-0.05, 0) is 31.9 Å². The Labute approximate surface area is 140 Å². The molecule has 124 valence electrons. The monoisotopic (exact) mass is 325 g/mol. The number of hydrogen-bond acceptors (Lipinski definition) is 4. The Morgan fingerprint density at radius 3 is 2.33 bits per heavy atom. The minimum atomic E-state index is -0.501. The number of nitro groups is 1. The van der Waals surface area contributed by atoms with Crippen LogP contribution >= 0.6 is 0 Å². The van der Waals surface area contributed by atoms with E-state index in [2.05, 4.69) is 10.5 Å². The molecule has 1 amide bonds. The number of aryl methyl sites for hydroxylation is 2. The molecule has 0 unspecified atom stereocenters. The second kappa shape index (κ2) is 7.50. The number of nitro benzene ring substituents is 1. The van der Waals surface area contributed by atoms with Crippen molar-refractivity contribution in [3.63, 3.8) is 0 Å². The molecule has 0 saturated heterocycles. The molecule has 2 aromatic carbocycles. The quantitative estimate of drug-likeness (QED) is 0.516. The first kappa shape index (κ1) is 17.3. The Morgan fingerprint density at radius 1 is 1.12 bits per heavy atom. The molecule has 2 rings (SSSR count). The summed E-state index contributed by atoms with van der Waals surface area (Å²) in [6, 6.07) is 12.2. The minimum Gasteiger partial charge on any atom is -0.267 e. The van der Waals surface area contributed by atoms with Crippen molar-refractivity contribution >= 4 is 17.3 Å². The lowest BCUT2D eigenvalue weighted by molar-refractivity contribution is -0.385. The largest absolute Gasteiger partial charge is 0.273 e. The van der Waals surface area contributed by atoms with Crippen LogP contribution in [0, 0.1) is 24.0 Å². The molecular weight excluding hydrogens is 306 g/mol. The zero-order valence-electron chi connectivity index (χ0n) is 13.9. The summed E-state index contributed by atoms with van der Waals surface area (Å²) in [6.07, 6.45) is 0.650. The van der Waals surface area contributed by atoms with Gasteiger partial charge in [-0.3, -0.25) is 14.9 Å². The summed E-state index contributed by atoms with van der Waals surface area (Å²) in [5, 5.41) is 15.1. The Morgan fingerprint density at radius 2 is 1.75 bits per heavy atom. The van der Waals surface area contributed by atoms with Crippen molar-refractivity contribution in [3.8, 4) is 0 Å². The second-order valence-electron chi connectivity index (χ2n) is 5.48. The summed E-state index contributed by atoms with van der Waals surface area (Å²) < 4.78 is 0. The van der Waals surface area contributed by atoms with Crippen molar-refractivity contribution in [2.24, 2.45) is 5.10 Å². The molecule has 0 atom stereocenters. The van der Waals surface area contributed by atoms with E-state index in [1.807, 2.05) is 38.1 Å². The fourth-order valence-corrected chi connectivity index (χ4v) is 2.22. The zero-order valence-corrected chi connectivity index (χ0v) is 13.9. The third-order valence-electron chi connectivity index (χ3n) is 3.68. The molecular formula is C18H19N3O3. The molecule has 0 bridgehead atoms. The van der Waals surface area contributed by atoms with E-state index in [0.717, 1.165) is 16.8 Å². The number of nitrogens with zero attached hydrogens (tertiary/aromatic N) is 2. The van der Waals surface area contributed by atoms with Crippen LogP contribution in [0.3, 0.4) is 0 Å². The number of hydrazone groups is 1. The Bertz CT molecular complexity index is 796. The molecule has 0 radical (unpaired) electrons. The number of rotatable bonds is 5. The minimum absolute atomic E-state index is 0.0825. The Kier molecular flexibility index (Phi) is 5.42. The molecule has 0 aliphatic rings. The third-order valence-corrected chi connectivity index (χ3v) is 3.68. The van der Waals surface area contributed by atoms with Gasteiger partial charge in [0.1, 0.15) is 0 Å². The average Bonchev–Trinajstić information content (AvgIpc) is 2.56. The molecule has 0 saturated carbocycles. The van der Waals surface area contributed by atoms with Crippen molar-refractivity contribution in [2.75, 3.05) is 0 Å². The molecule has 0 aromatic heterocycles. The van der Waals surface area contributed by atoms with Gasteiger partial charge in [0.25, 0.3) is 11.6 Å². The third kappa shape index (κ3) is 4.04. The lowest BCUT2D eigenvalue weighted by Crippen LogP contribution is -2.20. The maximum atomic E-state index is 12.2. The van der Waals surface area contributed by atoms with Crippen LogP contribution in [0.4, 0.5) is 5.69 Å². The van der Waals surface area contributed by atoms with E-state index < -0.39 is 10.8 Å². The van der Waals surface area contributed by atoms with E-state index in [0.29, 0.717) is 12.0 Å². The van der Waals surface area contributed by atoms with Gasteiger partial charge in [0.2, 0.25) is 0 Å². The highest BCUT2D eigenvalue weighted by Gasteiger charge is 2.15. The van der Waals surface area contributed by atoms with E-state index in [4.69, 9.17) is 0 Å². The number of benzene rings is 2. The van der Waals surface area contributed by atoms with E-state index >= 15 is 0 Å². The fraction of sp³-hybridized carbons (Fsp3) is 0.222. The zero-order chi connectivity index (χ0) is 17.7. The molecule has 2 aromatic rings. The van der Waals surface area contributed by atoms with Crippen molar-refractivity contribution < 1.29 is 9.72 Å². The molecule has 0 fully saturated rings. The average molecular weight is 325 g/mol. The van der Waals surface area contributed by atoms with Gasteiger partial charge >= 0.3 is 0 Å². The number of carbonyl (C=O) groups excluding carboxylic acids is 1. The van der Waals surface area contributed by atoms with Crippen LogP contribution in [0.1, 0.15) is 40.4 Å². The highest BCUT2D eigenvalue weighted by Crippen LogP contribution is 2.19. The predicted octanol–water partition coefficient (Wildman–Crippen LogP) is 3.76. The number of carbonyl (C=O) groups is 1. The van der Waals surface area contributed by atoms with Crippen molar-refractivity contribution in [1.29, 1.82) is 0 Å². The van der Waals surface area contributed by atoms with Crippen LogP contribution in [-0.2, 0) is 0 Å². The van der Waals surface area contributed by atoms with Crippen LogP contribution in [0.5, 0.6) is 0 Å². The molecule has 6 heteroatoms. The van der Waals surface area contributed by atoms with Gasteiger partial charge in [-0.1, -0.05) is 42.8 Å². The maximum Gasteiger partial charge on any atom is 0.273 e. The summed E-state index contributed by atoms with van der Waals surface area (Å²) in [5.41, 5.74) is 5.92. The van der Waals surface area contributed by atoms with Gasteiger partial charge in [0.05, 0.1) is 10.6 Å². The number of nitrogens with one attached hydrogen (secondary N) is 1. The van der Waals surface area contributed by atoms with Gasteiger partial charge in [-0.2, -0.15) is 5.10 Å². The van der Waals surface area contributed by atoms with Crippen molar-refractivity contribution in [1.82, 2.24) is 5.43 Å². The van der Waals surface area contributed by atoms with Crippen LogP contribution in [-0.4, -0.2) is 16.5 Å². The standard InChI is InChI=1S/C18H19N3O3/c1-4-16(14-8-5-12(2)6-9-14)19-20-18(22)15-10-7-13(3)17(11-15)21(23)24/h5-11H,4H2,1-3H3,(H,20,22). The SMILES string of the molecule is CCC(=NNC(=O)c1ccc(C)c([N+](=O)[O-])c1)c1ccc(C)cc1. The molecule has 0 aliphatic carbocycles. The van der Waals surface area contributed by atoms with Gasteiger partial charge in [0, 0.05) is 17.2 Å². The lowest BCUT2D eigenvalue weighted by atomic mass is 10.1. The summed E-state index contributed by atoms with van der Waals surface area (Å²) >= 11 is 0. The second-order valence-corrected chi connectivity index (χ2v) is 5.48. The van der Waals surface area contributed by atoms with E-state index in [-0.39, 0.29) is 11.3 Å². The number of amides is 1. The molecule has 0 aliphatic heterocycles. The van der Waals surface area contributed by atoms with Crippen LogP contribution in [0.2, 0.25) is 0 Å².